The Morgan fingerprint density at radius 3 is 2.62 bits per heavy atom. The molecule has 21 heavy (non-hydrogen) atoms. The normalized spacial score (nSPS) is 10.5. The summed E-state index contributed by atoms with van der Waals surface area (Å²) in [5.41, 5.74) is 0.961. The second-order valence-electron chi connectivity index (χ2n) is 4.17. The van der Waals surface area contributed by atoms with Crippen LogP contribution in [0.15, 0.2) is 58.3 Å². The summed E-state index contributed by atoms with van der Waals surface area (Å²) in [6.07, 6.45) is 0. The van der Waals surface area contributed by atoms with Gasteiger partial charge in [0.1, 0.15) is 0 Å². The number of rotatable bonds is 4. The fourth-order valence-corrected chi connectivity index (χ4v) is 2.82. The molecule has 0 saturated carbocycles. The van der Waals surface area contributed by atoms with E-state index < -0.39 is 5.97 Å². The summed E-state index contributed by atoms with van der Waals surface area (Å²) in [5.74, 6) is -0.532. The summed E-state index contributed by atoms with van der Waals surface area (Å²) in [6.45, 7) is 0. The van der Waals surface area contributed by atoms with Gasteiger partial charge in [0.05, 0.1) is 5.56 Å². The highest BCUT2D eigenvalue weighted by Crippen LogP contribution is 2.33. The van der Waals surface area contributed by atoms with E-state index in [1.807, 2.05) is 30.3 Å². The minimum absolute atomic E-state index is 0.246. The minimum atomic E-state index is -0.965. The van der Waals surface area contributed by atoms with Crippen LogP contribution in [-0.4, -0.2) is 31.7 Å². The highest BCUT2D eigenvalue weighted by molar-refractivity contribution is 7.99. The van der Waals surface area contributed by atoms with E-state index in [1.165, 1.54) is 11.8 Å². The Bertz CT molecular complexity index is 760. The maximum absolute atomic E-state index is 11.3. The van der Waals surface area contributed by atoms with Crippen molar-refractivity contribution in [2.45, 2.75) is 9.79 Å². The number of carboxylic acids is 1. The van der Waals surface area contributed by atoms with E-state index in [2.05, 4.69) is 20.6 Å². The molecule has 0 unspecified atom stereocenters. The van der Waals surface area contributed by atoms with Gasteiger partial charge in [-0.3, -0.25) is 0 Å². The fraction of sp³-hybridized carbons (Fsp3) is 0. The van der Waals surface area contributed by atoms with E-state index in [-0.39, 0.29) is 5.56 Å². The first-order valence-corrected chi connectivity index (χ1v) is 6.90. The zero-order valence-electron chi connectivity index (χ0n) is 10.7. The first-order chi connectivity index (χ1) is 10.2. The van der Waals surface area contributed by atoms with Crippen molar-refractivity contribution in [3.63, 3.8) is 0 Å². The van der Waals surface area contributed by atoms with Gasteiger partial charge >= 0.3 is 5.97 Å². The number of nitrogens with zero attached hydrogens (tertiary/aromatic N) is 3. The molecule has 104 valence electrons. The number of hydrogen-bond donors (Lipinski definition) is 2. The molecule has 0 atom stereocenters. The van der Waals surface area contributed by atoms with Crippen LogP contribution in [0.3, 0.4) is 0 Å². The fourth-order valence-electron chi connectivity index (χ4n) is 1.82. The molecular formula is C14H10N4O2S. The molecule has 0 aliphatic heterocycles. The van der Waals surface area contributed by atoms with E-state index in [0.29, 0.717) is 16.3 Å². The quantitative estimate of drug-likeness (QED) is 0.769. The topological polar surface area (TPSA) is 91.8 Å². The molecule has 0 amide bonds. The van der Waals surface area contributed by atoms with Crippen LogP contribution in [0.5, 0.6) is 0 Å². The lowest BCUT2D eigenvalue weighted by molar-refractivity contribution is 0.0693. The first-order valence-electron chi connectivity index (χ1n) is 6.08. The van der Waals surface area contributed by atoms with Crippen LogP contribution in [0.2, 0.25) is 0 Å². The highest BCUT2D eigenvalue weighted by Gasteiger charge is 2.14. The highest BCUT2D eigenvalue weighted by atomic mass is 32.2. The molecule has 3 aromatic rings. The van der Waals surface area contributed by atoms with Gasteiger partial charge in [0.25, 0.3) is 0 Å². The molecule has 0 spiro atoms. The average molecular weight is 298 g/mol. The predicted octanol–water partition coefficient (Wildman–Crippen LogP) is 2.72. The number of aromatic nitrogens is 4. The summed E-state index contributed by atoms with van der Waals surface area (Å²) in [7, 11) is 0. The molecule has 7 heteroatoms. The Hall–Kier alpha value is -2.67. The van der Waals surface area contributed by atoms with Gasteiger partial charge in [-0.05, 0) is 29.5 Å². The molecule has 6 nitrogen and oxygen atoms in total. The summed E-state index contributed by atoms with van der Waals surface area (Å²) >= 11 is 1.39. The van der Waals surface area contributed by atoms with Crippen molar-refractivity contribution in [3.8, 4) is 11.4 Å². The van der Waals surface area contributed by atoms with Crippen LogP contribution in [0, 0.1) is 0 Å². The molecule has 1 heterocycles. The van der Waals surface area contributed by atoms with Gasteiger partial charge in [-0.2, -0.15) is 5.21 Å². The number of tetrazole rings is 1. The van der Waals surface area contributed by atoms with Crippen LogP contribution in [0.1, 0.15) is 10.4 Å². The van der Waals surface area contributed by atoms with Crippen molar-refractivity contribution in [3.05, 3.63) is 54.1 Å². The van der Waals surface area contributed by atoms with E-state index in [0.717, 1.165) is 4.90 Å². The standard InChI is InChI=1S/C14H10N4O2S/c19-14(20)11-7-6-9(13-15-17-18-16-13)8-12(11)21-10-4-2-1-3-5-10/h1-8H,(H,19,20)(H,15,16,17,18). The van der Waals surface area contributed by atoms with Gasteiger partial charge in [-0.15, -0.1) is 10.2 Å². The Kier molecular flexibility index (Phi) is 3.65. The largest absolute Gasteiger partial charge is 0.478 e. The third-order valence-corrected chi connectivity index (χ3v) is 3.85. The molecule has 0 fully saturated rings. The number of nitrogens with one attached hydrogen (secondary N) is 1. The van der Waals surface area contributed by atoms with Crippen molar-refractivity contribution in [2.75, 3.05) is 0 Å². The molecule has 0 bridgehead atoms. The maximum atomic E-state index is 11.3. The molecule has 0 radical (unpaired) electrons. The number of hydrogen-bond acceptors (Lipinski definition) is 5. The van der Waals surface area contributed by atoms with Crippen molar-refractivity contribution in [2.24, 2.45) is 0 Å². The van der Waals surface area contributed by atoms with Crippen molar-refractivity contribution >= 4 is 17.7 Å². The smallest absolute Gasteiger partial charge is 0.336 e. The van der Waals surface area contributed by atoms with Crippen LogP contribution >= 0.6 is 11.8 Å². The SMILES string of the molecule is O=C(O)c1ccc(-c2nn[nH]n2)cc1Sc1ccccc1. The van der Waals surface area contributed by atoms with E-state index in [1.54, 1.807) is 18.2 Å². The molecule has 2 N–H and O–H groups in total. The second-order valence-corrected chi connectivity index (χ2v) is 5.28. The Balaban J connectivity index is 2.03. The lowest BCUT2D eigenvalue weighted by atomic mass is 10.1. The molecule has 3 rings (SSSR count). The summed E-state index contributed by atoms with van der Waals surface area (Å²) in [5, 5.41) is 23.0. The number of aromatic carboxylic acids is 1. The molecule has 2 aromatic carbocycles. The van der Waals surface area contributed by atoms with Crippen molar-refractivity contribution in [1.82, 2.24) is 20.6 Å². The van der Waals surface area contributed by atoms with Crippen LogP contribution in [0.25, 0.3) is 11.4 Å². The van der Waals surface area contributed by atoms with Crippen molar-refractivity contribution < 1.29 is 9.90 Å². The molecule has 1 aromatic heterocycles. The lowest BCUT2D eigenvalue weighted by Crippen LogP contribution is -1.99. The Labute approximate surface area is 124 Å². The van der Waals surface area contributed by atoms with Gasteiger partial charge < -0.3 is 5.11 Å². The zero-order valence-corrected chi connectivity index (χ0v) is 11.5. The molecule has 0 aliphatic rings. The van der Waals surface area contributed by atoms with Crippen LogP contribution < -0.4 is 0 Å². The number of carboxylic acid groups (broad SMARTS) is 1. The zero-order chi connectivity index (χ0) is 14.7. The first kappa shape index (κ1) is 13.3. The van der Waals surface area contributed by atoms with E-state index in [9.17, 15) is 9.90 Å². The minimum Gasteiger partial charge on any atom is -0.478 e. The third-order valence-electron chi connectivity index (χ3n) is 2.79. The van der Waals surface area contributed by atoms with Crippen LogP contribution in [0.4, 0.5) is 0 Å². The lowest BCUT2D eigenvalue weighted by Gasteiger charge is -2.07. The maximum Gasteiger partial charge on any atom is 0.336 e. The Morgan fingerprint density at radius 1 is 1.14 bits per heavy atom. The number of aromatic amines is 1. The predicted molar refractivity (Wildman–Crippen MR) is 77.1 cm³/mol. The van der Waals surface area contributed by atoms with E-state index in [4.69, 9.17) is 0 Å². The molecular weight excluding hydrogens is 288 g/mol. The van der Waals surface area contributed by atoms with E-state index >= 15 is 0 Å². The van der Waals surface area contributed by atoms with Gasteiger partial charge in [0.2, 0.25) is 5.82 Å². The number of carbonyl (C=O) groups is 1. The van der Waals surface area contributed by atoms with Crippen molar-refractivity contribution in [1.29, 1.82) is 0 Å². The van der Waals surface area contributed by atoms with Gasteiger partial charge in [0, 0.05) is 15.4 Å². The van der Waals surface area contributed by atoms with Gasteiger partial charge in [0.15, 0.2) is 0 Å². The van der Waals surface area contributed by atoms with Gasteiger partial charge in [-0.1, -0.05) is 36.0 Å². The van der Waals surface area contributed by atoms with Crippen LogP contribution in [-0.2, 0) is 0 Å². The summed E-state index contributed by atoms with van der Waals surface area (Å²) in [4.78, 5) is 12.9. The number of benzene rings is 2. The second kappa shape index (κ2) is 5.76. The molecule has 0 saturated heterocycles. The summed E-state index contributed by atoms with van der Waals surface area (Å²) < 4.78 is 0. The number of H-pyrrole nitrogens is 1. The molecule has 0 aliphatic carbocycles. The monoisotopic (exact) mass is 298 g/mol. The summed E-state index contributed by atoms with van der Waals surface area (Å²) in [6, 6.07) is 14.6. The third kappa shape index (κ3) is 2.92. The van der Waals surface area contributed by atoms with Gasteiger partial charge in [-0.25, -0.2) is 4.79 Å². The Morgan fingerprint density at radius 2 is 1.95 bits per heavy atom. The average Bonchev–Trinajstić information content (AvgIpc) is 3.02.